The van der Waals surface area contributed by atoms with Gasteiger partial charge in [0.25, 0.3) is 0 Å². The molecule has 0 saturated carbocycles. The van der Waals surface area contributed by atoms with Gasteiger partial charge in [-0.05, 0) is 79.9 Å². The summed E-state index contributed by atoms with van der Waals surface area (Å²) >= 11 is 0. The van der Waals surface area contributed by atoms with E-state index >= 15 is 0 Å². The molecule has 0 N–H and O–H groups in total. The minimum absolute atomic E-state index is 1.26. The van der Waals surface area contributed by atoms with Crippen LogP contribution in [0.3, 0.4) is 0 Å². The van der Waals surface area contributed by atoms with Gasteiger partial charge >= 0.3 is 0 Å². The number of fused-ring (bicyclic) bond motifs is 2. The molecular formula is C38H38. The Kier molecular flexibility index (Phi) is 8.77. The number of hydrogen-bond donors (Lipinski definition) is 0. The Labute approximate surface area is 228 Å². The van der Waals surface area contributed by atoms with Crippen molar-refractivity contribution in [3.63, 3.8) is 0 Å². The molecule has 0 amide bonds. The van der Waals surface area contributed by atoms with Crippen molar-refractivity contribution in [3.8, 4) is 33.4 Å². The molecule has 0 aliphatic rings. The molecule has 0 heteroatoms. The van der Waals surface area contributed by atoms with E-state index in [0.717, 1.165) is 0 Å². The van der Waals surface area contributed by atoms with E-state index in [4.69, 9.17) is 0 Å². The molecule has 0 saturated heterocycles. The van der Waals surface area contributed by atoms with E-state index in [1.807, 2.05) is 27.7 Å². The summed E-state index contributed by atoms with van der Waals surface area (Å²) in [4.78, 5) is 0. The van der Waals surface area contributed by atoms with E-state index in [1.54, 1.807) is 0 Å². The predicted octanol–water partition coefficient (Wildman–Crippen LogP) is 11.7. The molecule has 0 aliphatic heterocycles. The van der Waals surface area contributed by atoms with Crippen LogP contribution in [0.25, 0.3) is 54.9 Å². The van der Waals surface area contributed by atoms with E-state index < -0.39 is 0 Å². The Morgan fingerprint density at radius 1 is 0.316 bits per heavy atom. The maximum atomic E-state index is 2.31. The third kappa shape index (κ3) is 5.00. The zero-order valence-electron chi connectivity index (χ0n) is 23.5. The van der Waals surface area contributed by atoms with E-state index in [2.05, 4.69) is 135 Å². The van der Waals surface area contributed by atoms with Gasteiger partial charge in [-0.1, -0.05) is 149 Å². The third-order valence-corrected chi connectivity index (χ3v) is 6.98. The lowest BCUT2D eigenvalue weighted by molar-refractivity contribution is 1.45. The molecule has 0 aromatic heterocycles. The highest BCUT2D eigenvalue weighted by Gasteiger charge is 2.20. The van der Waals surface area contributed by atoms with Gasteiger partial charge in [-0.2, -0.15) is 0 Å². The van der Waals surface area contributed by atoms with Crippen molar-refractivity contribution in [2.24, 2.45) is 0 Å². The van der Waals surface area contributed by atoms with E-state index in [1.165, 1.54) is 66.1 Å². The van der Waals surface area contributed by atoms with Crippen molar-refractivity contribution < 1.29 is 0 Å². The molecule has 0 bridgehead atoms. The highest BCUT2D eigenvalue weighted by molar-refractivity contribution is 6.15. The van der Waals surface area contributed by atoms with Crippen LogP contribution in [0.1, 0.15) is 38.8 Å². The van der Waals surface area contributed by atoms with Crippen LogP contribution in [-0.4, -0.2) is 0 Å². The summed E-state index contributed by atoms with van der Waals surface area (Å²) in [6.45, 7) is 12.4. The fraction of sp³-hybridized carbons (Fsp3) is 0.158. The molecule has 0 fully saturated rings. The van der Waals surface area contributed by atoms with E-state index in [-0.39, 0.29) is 0 Å². The van der Waals surface area contributed by atoms with E-state index in [9.17, 15) is 0 Å². The maximum Gasteiger partial charge on any atom is -0.00142 e. The van der Waals surface area contributed by atoms with E-state index in [0.29, 0.717) is 0 Å². The van der Waals surface area contributed by atoms with Crippen molar-refractivity contribution in [1.29, 1.82) is 0 Å². The molecule has 0 radical (unpaired) electrons. The van der Waals surface area contributed by atoms with Gasteiger partial charge in [0.2, 0.25) is 0 Å². The molecule has 0 atom stereocenters. The lowest BCUT2D eigenvalue weighted by atomic mass is 9.82. The molecule has 6 aromatic rings. The average molecular weight is 495 g/mol. The zero-order chi connectivity index (χ0) is 27.1. The molecule has 0 heterocycles. The van der Waals surface area contributed by atoms with Gasteiger partial charge in [0.15, 0.2) is 0 Å². The summed E-state index contributed by atoms with van der Waals surface area (Å²) in [5, 5.41) is 5.10. The second-order valence-electron chi connectivity index (χ2n) is 9.05. The number of hydrogen-bond acceptors (Lipinski definition) is 0. The third-order valence-electron chi connectivity index (χ3n) is 6.98. The first-order valence-corrected chi connectivity index (χ1v) is 13.9. The monoisotopic (exact) mass is 494 g/mol. The Bertz CT molecular complexity index is 1540. The fourth-order valence-electron chi connectivity index (χ4n) is 5.28. The summed E-state index contributed by atoms with van der Waals surface area (Å²) in [6, 6.07) is 44.2. The lowest BCUT2D eigenvalue weighted by Gasteiger charge is -2.21. The first kappa shape index (κ1) is 26.9. The smallest absolute Gasteiger partial charge is 0.00142 e. The van der Waals surface area contributed by atoms with Crippen LogP contribution in [0.15, 0.2) is 121 Å². The lowest BCUT2D eigenvalue weighted by Crippen LogP contribution is -1.95. The van der Waals surface area contributed by atoms with Gasteiger partial charge in [0.1, 0.15) is 0 Å². The largest absolute Gasteiger partial charge is 0.0683 e. The predicted molar refractivity (Wildman–Crippen MR) is 170 cm³/mol. The van der Waals surface area contributed by atoms with Crippen molar-refractivity contribution in [3.05, 3.63) is 132 Å². The minimum Gasteiger partial charge on any atom is -0.0683 e. The SMILES string of the molecule is CC.CC.Cc1ccccc1-c1ccc2ccccc2c1-c1c(-c2ccccc2C)ccc2ccccc12. The van der Waals surface area contributed by atoms with Crippen LogP contribution in [0.5, 0.6) is 0 Å². The van der Waals surface area contributed by atoms with Crippen LogP contribution in [-0.2, 0) is 0 Å². The second-order valence-corrected chi connectivity index (χ2v) is 9.05. The average Bonchev–Trinajstić information content (AvgIpc) is 2.99. The highest BCUT2D eigenvalue weighted by atomic mass is 14.2. The first-order valence-electron chi connectivity index (χ1n) is 13.9. The summed E-state index contributed by atoms with van der Waals surface area (Å²) in [5.74, 6) is 0. The maximum absolute atomic E-state index is 2.31. The summed E-state index contributed by atoms with van der Waals surface area (Å²) in [5.41, 5.74) is 10.3. The van der Waals surface area contributed by atoms with Crippen molar-refractivity contribution in [1.82, 2.24) is 0 Å². The van der Waals surface area contributed by atoms with Crippen LogP contribution in [0.2, 0.25) is 0 Å². The molecule has 0 aliphatic carbocycles. The normalized spacial score (nSPS) is 10.4. The Balaban J connectivity index is 0.000000804. The molecule has 0 unspecified atom stereocenters. The van der Waals surface area contributed by atoms with Gasteiger partial charge in [-0.25, -0.2) is 0 Å². The van der Waals surface area contributed by atoms with Crippen molar-refractivity contribution in [2.45, 2.75) is 41.5 Å². The number of benzene rings is 6. The van der Waals surface area contributed by atoms with Crippen LogP contribution in [0, 0.1) is 13.8 Å². The fourth-order valence-corrected chi connectivity index (χ4v) is 5.28. The molecule has 190 valence electrons. The molecule has 0 nitrogen and oxygen atoms in total. The van der Waals surface area contributed by atoms with Gasteiger partial charge in [0, 0.05) is 0 Å². The van der Waals surface area contributed by atoms with Crippen LogP contribution < -0.4 is 0 Å². The molecule has 6 aromatic carbocycles. The second kappa shape index (κ2) is 12.4. The standard InChI is InChI=1S/C34H26.2C2H6/c1-23-11-3-7-15-27(23)31-21-19-25-13-5-9-17-29(25)33(31)34-30-18-10-6-14-26(30)20-22-32(34)28-16-8-4-12-24(28)2;2*1-2/h3-22H,1-2H3;2*1-2H3. The van der Waals surface area contributed by atoms with Crippen molar-refractivity contribution in [2.75, 3.05) is 0 Å². The minimum atomic E-state index is 1.26. The Morgan fingerprint density at radius 3 is 1.05 bits per heavy atom. The van der Waals surface area contributed by atoms with Crippen molar-refractivity contribution >= 4 is 21.5 Å². The Morgan fingerprint density at radius 2 is 0.658 bits per heavy atom. The zero-order valence-corrected chi connectivity index (χ0v) is 23.5. The molecule has 38 heavy (non-hydrogen) atoms. The highest BCUT2D eigenvalue weighted by Crippen LogP contribution is 2.46. The summed E-state index contributed by atoms with van der Waals surface area (Å²) in [6.07, 6.45) is 0. The molecule has 0 spiro atoms. The summed E-state index contributed by atoms with van der Waals surface area (Å²) < 4.78 is 0. The van der Waals surface area contributed by atoms with Gasteiger partial charge in [-0.3, -0.25) is 0 Å². The van der Waals surface area contributed by atoms with Gasteiger partial charge < -0.3 is 0 Å². The Hall–Kier alpha value is -4.16. The first-order chi connectivity index (χ1) is 18.7. The molecule has 6 rings (SSSR count). The van der Waals surface area contributed by atoms with Gasteiger partial charge in [0.05, 0.1) is 0 Å². The molecular weight excluding hydrogens is 456 g/mol. The van der Waals surface area contributed by atoms with Gasteiger partial charge in [-0.15, -0.1) is 0 Å². The van der Waals surface area contributed by atoms with Crippen LogP contribution in [0.4, 0.5) is 0 Å². The summed E-state index contributed by atoms with van der Waals surface area (Å²) in [7, 11) is 0. The van der Waals surface area contributed by atoms with Crippen LogP contribution >= 0.6 is 0 Å². The number of rotatable bonds is 3. The quantitative estimate of drug-likeness (QED) is 0.229. The number of aryl methyl sites for hydroxylation is 2. The topological polar surface area (TPSA) is 0 Å².